The van der Waals surface area contributed by atoms with Gasteiger partial charge in [0, 0.05) is 30.0 Å². The number of hydrogen-bond acceptors (Lipinski definition) is 5. The van der Waals surface area contributed by atoms with E-state index in [0.717, 1.165) is 35.9 Å². The van der Waals surface area contributed by atoms with E-state index in [2.05, 4.69) is 20.6 Å². The number of halogens is 2. The smallest absolute Gasteiger partial charge is 0.248 e. The maximum Gasteiger partial charge on any atom is 0.248 e. The molecule has 4 rings (SSSR count). The van der Waals surface area contributed by atoms with E-state index in [9.17, 15) is 9.18 Å². The number of amides is 1. The summed E-state index contributed by atoms with van der Waals surface area (Å²) in [6.07, 6.45) is 6.41. The predicted octanol–water partition coefficient (Wildman–Crippen LogP) is 5.26. The number of fused-ring (bicyclic) bond motifs is 1. The second kappa shape index (κ2) is 9.41. The van der Waals surface area contributed by atoms with Crippen LogP contribution in [-0.4, -0.2) is 29.1 Å². The van der Waals surface area contributed by atoms with Crippen LogP contribution in [0.15, 0.2) is 48.8 Å². The standard InChI is InChI=1S/C23H22ClFN4O2/c1-2-3-22(30)29-20-11-17-21(9-15(20)8-14-6-7-31-12-14)26-13-27-23(17)28-16-4-5-19(25)18(24)10-16/h2-5,9-11,13-14H,6-8,12H2,1H3,(H,29,30)(H,26,27,28)/b3-2+/t14-/m1/s1. The van der Waals surface area contributed by atoms with Crippen LogP contribution in [0.4, 0.5) is 21.6 Å². The van der Waals surface area contributed by atoms with Crippen molar-refractivity contribution in [3.8, 4) is 0 Å². The molecule has 1 fully saturated rings. The fourth-order valence-corrected chi connectivity index (χ4v) is 3.80. The zero-order valence-corrected chi connectivity index (χ0v) is 17.7. The fraction of sp³-hybridized carbons (Fsp3) is 0.261. The molecular formula is C23H22ClFN4O2. The molecule has 0 aliphatic carbocycles. The summed E-state index contributed by atoms with van der Waals surface area (Å²) in [5.41, 5.74) is 3.04. The van der Waals surface area contributed by atoms with Crippen LogP contribution in [-0.2, 0) is 16.0 Å². The van der Waals surface area contributed by atoms with Gasteiger partial charge in [0.05, 0.1) is 10.5 Å². The summed E-state index contributed by atoms with van der Waals surface area (Å²) in [5, 5.41) is 6.87. The molecule has 1 saturated heterocycles. The van der Waals surface area contributed by atoms with Gasteiger partial charge < -0.3 is 15.4 Å². The minimum Gasteiger partial charge on any atom is -0.381 e. The molecule has 0 saturated carbocycles. The number of anilines is 3. The summed E-state index contributed by atoms with van der Waals surface area (Å²) in [6, 6.07) is 8.21. The van der Waals surface area contributed by atoms with E-state index in [1.54, 1.807) is 19.1 Å². The van der Waals surface area contributed by atoms with Gasteiger partial charge in [0.15, 0.2) is 0 Å². The molecule has 1 aliphatic heterocycles. The zero-order valence-electron chi connectivity index (χ0n) is 17.0. The van der Waals surface area contributed by atoms with E-state index < -0.39 is 5.82 Å². The minimum atomic E-state index is -0.491. The van der Waals surface area contributed by atoms with Crippen LogP contribution in [0, 0.1) is 11.7 Å². The monoisotopic (exact) mass is 440 g/mol. The third-order valence-corrected chi connectivity index (χ3v) is 5.44. The Morgan fingerprint density at radius 3 is 2.94 bits per heavy atom. The third kappa shape index (κ3) is 5.00. The number of carbonyl (C=O) groups excluding carboxylic acids is 1. The molecule has 31 heavy (non-hydrogen) atoms. The molecule has 1 amide bonds. The molecule has 0 radical (unpaired) electrons. The van der Waals surface area contributed by atoms with Crippen molar-refractivity contribution in [2.75, 3.05) is 23.8 Å². The van der Waals surface area contributed by atoms with Gasteiger partial charge in [0.1, 0.15) is 18.0 Å². The lowest BCUT2D eigenvalue weighted by Gasteiger charge is -2.16. The normalized spacial score (nSPS) is 16.2. The Balaban J connectivity index is 1.74. The van der Waals surface area contributed by atoms with E-state index in [1.165, 1.54) is 24.5 Å². The Bertz CT molecular complexity index is 1150. The summed E-state index contributed by atoms with van der Waals surface area (Å²) in [6.45, 7) is 3.26. The van der Waals surface area contributed by atoms with Gasteiger partial charge in [0.25, 0.3) is 0 Å². The van der Waals surface area contributed by atoms with Gasteiger partial charge in [0.2, 0.25) is 5.91 Å². The van der Waals surface area contributed by atoms with Gasteiger partial charge in [-0.3, -0.25) is 4.79 Å². The molecule has 1 aromatic heterocycles. The highest BCUT2D eigenvalue weighted by Crippen LogP contribution is 2.32. The Kier molecular flexibility index (Phi) is 6.44. The third-order valence-electron chi connectivity index (χ3n) is 5.15. The largest absolute Gasteiger partial charge is 0.381 e. The highest BCUT2D eigenvalue weighted by Gasteiger charge is 2.19. The van der Waals surface area contributed by atoms with Crippen molar-refractivity contribution in [1.82, 2.24) is 9.97 Å². The quantitative estimate of drug-likeness (QED) is 0.511. The SMILES string of the molecule is C/C=C/C(=O)Nc1cc2c(Nc3ccc(F)c(Cl)c3)ncnc2cc1C[C@H]1CCOC1. The Morgan fingerprint density at radius 2 is 2.19 bits per heavy atom. The van der Waals surface area contributed by atoms with E-state index in [1.807, 2.05) is 12.1 Å². The van der Waals surface area contributed by atoms with Gasteiger partial charge in [-0.1, -0.05) is 17.7 Å². The van der Waals surface area contributed by atoms with E-state index >= 15 is 0 Å². The Morgan fingerprint density at radius 1 is 1.32 bits per heavy atom. The number of benzene rings is 2. The lowest BCUT2D eigenvalue weighted by molar-refractivity contribution is -0.111. The van der Waals surface area contributed by atoms with Crippen molar-refractivity contribution in [3.63, 3.8) is 0 Å². The Hall–Kier alpha value is -3.03. The van der Waals surface area contributed by atoms with E-state index in [-0.39, 0.29) is 10.9 Å². The second-order valence-corrected chi connectivity index (χ2v) is 7.83. The fourth-order valence-electron chi connectivity index (χ4n) is 3.62. The molecule has 0 spiro atoms. The number of nitrogens with zero attached hydrogens (tertiary/aromatic N) is 2. The lowest BCUT2D eigenvalue weighted by atomic mass is 9.96. The van der Waals surface area contributed by atoms with Crippen LogP contribution in [0.5, 0.6) is 0 Å². The van der Waals surface area contributed by atoms with Gasteiger partial charge in [-0.05, 0) is 67.7 Å². The molecule has 2 aromatic carbocycles. The van der Waals surface area contributed by atoms with Crippen LogP contribution < -0.4 is 10.6 Å². The molecule has 3 aromatic rings. The first kappa shape index (κ1) is 21.2. The van der Waals surface area contributed by atoms with Gasteiger partial charge >= 0.3 is 0 Å². The molecular weight excluding hydrogens is 419 g/mol. The number of ether oxygens (including phenoxy) is 1. The summed E-state index contributed by atoms with van der Waals surface area (Å²) in [7, 11) is 0. The average molecular weight is 441 g/mol. The number of nitrogens with one attached hydrogen (secondary N) is 2. The first-order valence-electron chi connectivity index (χ1n) is 10.0. The molecule has 0 bridgehead atoms. The maximum absolute atomic E-state index is 13.5. The van der Waals surface area contributed by atoms with Crippen LogP contribution in [0.1, 0.15) is 18.9 Å². The summed E-state index contributed by atoms with van der Waals surface area (Å²) in [4.78, 5) is 21.0. The van der Waals surface area contributed by atoms with E-state index in [0.29, 0.717) is 29.7 Å². The summed E-state index contributed by atoms with van der Waals surface area (Å²) in [5.74, 6) is 0.234. The molecule has 8 heteroatoms. The topological polar surface area (TPSA) is 76.1 Å². The second-order valence-electron chi connectivity index (χ2n) is 7.43. The zero-order chi connectivity index (χ0) is 21.8. The first-order chi connectivity index (χ1) is 15.0. The predicted molar refractivity (Wildman–Crippen MR) is 120 cm³/mol. The number of carbonyl (C=O) groups is 1. The van der Waals surface area contributed by atoms with Crippen LogP contribution >= 0.6 is 11.6 Å². The number of hydrogen-bond donors (Lipinski definition) is 2. The number of allylic oxidation sites excluding steroid dienone is 1. The van der Waals surface area contributed by atoms with Crippen molar-refractivity contribution in [1.29, 1.82) is 0 Å². The maximum atomic E-state index is 13.5. The van der Waals surface area contributed by atoms with Gasteiger partial charge in [-0.2, -0.15) is 0 Å². The number of rotatable bonds is 6. The molecule has 2 N–H and O–H groups in total. The van der Waals surface area contributed by atoms with Gasteiger partial charge in [-0.15, -0.1) is 0 Å². The van der Waals surface area contributed by atoms with E-state index in [4.69, 9.17) is 16.3 Å². The Labute approximate surface area is 184 Å². The molecule has 6 nitrogen and oxygen atoms in total. The van der Waals surface area contributed by atoms with Crippen molar-refractivity contribution in [2.24, 2.45) is 5.92 Å². The lowest BCUT2D eigenvalue weighted by Crippen LogP contribution is -2.12. The van der Waals surface area contributed by atoms with Crippen molar-refractivity contribution < 1.29 is 13.9 Å². The molecule has 1 aliphatic rings. The summed E-state index contributed by atoms with van der Waals surface area (Å²) < 4.78 is 19.0. The van der Waals surface area contributed by atoms with Crippen molar-refractivity contribution in [3.05, 3.63) is 65.2 Å². The molecule has 2 heterocycles. The van der Waals surface area contributed by atoms with Crippen LogP contribution in [0.3, 0.4) is 0 Å². The number of aromatic nitrogens is 2. The van der Waals surface area contributed by atoms with Gasteiger partial charge in [-0.25, -0.2) is 14.4 Å². The van der Waals surface area contributed by atoms with Crippen LogP contribution in [0.25, 0.3) is 10.9 Å². The molecule has 160 valence electrons. The van der Waals surface area contributed by atoms with Crippen molar-refractivity contribution in [2.45, 2.75) is 19.8 Å². The molecule has 0 unspecified atom stereocenters. The highest BCUT2D eigenvalue weighted by atomic mass is 35.5. The molecule has 1 atom stereocenters. The van der Waals surface area contributed by atoms with Crippen molar-refractivity contribution >= 4 is 45.6 Å². The summed E-state index contributed by atoms with van der Waals surface area (Å²) >= 11 is 5.90. The minimum absolute atomic E-state index is 0.0173. The first-order valence-corrected chi connectivity index (χ1v) is 10.4. The van der Waals surface area contributed by atoms with Crippen LogP contribution in [0.2, 0.25) is 5.02 Å². The average Bonchev–Trinajstić information content (AvgIpc) is 3.25. The highest BCUT2D eigenvalue weighted by molar-refractivity contribution is 6.31.